The molecule has 3 N–H and O–H groups in total. The Morgan fingerprint density at radius 3 is 2.76 bits per heavy atom. The summed E-state index contributed by atoms with van der Waals surface area (Å²) in [5.41, 5.74) is 8.79. The average Bonchev–Trinajstić information content (AvgIpc) is 3.45. The lowest BCUT2D eigenvalue weighted by atomic mass is 9.94. The summed E-state index contributed by atoms with van der Waals surface area (Å²) in [6, 6.07) is 8.17. The molecule has 10 heteroatoms. The number of ether oxygens (including phenoxy) is 2. The highest BCUT2D eigenvalue weighted by Gasteiger charge is 2.26. The molecule has 10 nitrogen and oxygen atoms in total. The molecule has 1 atom stereocenters. The molecule has 1 amide bonds. The molecule has 1 aliphatic heterocycles. The predicted octanol–water partition coefficient (Wildman–Crippen LogP) is 2.91. The van der Waals surface area contributed by atoms with E-state index in [1.54, 1.807) is 18.7 Å². The lowest BCUT2D eigenvalue weighted by Crippen LogP contribution is -2.29. The van der Waals surface area contributed by atoms with Crippen molar-refractivity contribution < 1.29 is 14.3 Å². The summed E-state index contributed by atoms with van der Waals surface area (Å²) in [5, 5.41) is 5.11. The first-order valence-corrected chi connectivity index (χ1v) is 11.2. The van der Waals surface area contributed by atoms with Gasteiger partial charge >= 0.3 is 0 Å². The van der Waals surface area contributed by atoms with Gasteiger partial charge in [0.05, 0.1) is 23.3 Å². The van der Waals surface area contributed by atoms with Crippen LogP contribution in [0.2, 0.25) is 0 Å². The SMILES string of the molecule is CC(C)[C@@H](c1ccc2c(c1)OCCO2)N(C)c1ncnc2[nH]c(-c3cnn(CC(N)=O)c3)cc12. The number of H-pyrrole nitrogens is 1. The van der Waals surface area contributed by atoms with Gasteiger partial charge in [0.2, 0.25) is 5.91 Å². The Bertz CT molecular complexity index is 1340. The fraction of sp³-hybridized carbons (Fsp3) is 0.333. The number of aromatic nitrogens is 5. The first-order valence-electron chi connectivity index (χ1n) is 11.2. The number of carbonyl (C=O) groups is 1. The van der Waals surface area contributed by atoms with Gasteiger partial charge in [-0.15, -0.1) is 0 Å². The molecule has 1 aromatic carbocycles. The van der Waals surface area contributed by atoms with Crippen LogP contribution in [-0.2, 0) is 11.3 Å². The zero-order chi connectivity index (χ0) is 23.8. The number of fused-ring (bicyclic) bond motifs is 2. The molecule has 0 saturated carbocycles. The minimum Gasteiger partial charge on any atom is -0.486 e. The largest absolute Gasteiger partial charge is 0.486 e. The molecule has 0 bridgehead atoms. The molecule has 1 aliphatic rings. The van der Waals surface area contributed by atoms with Crippen molar-refractivity contribution in [2.45, 2.75) is 26.4 Å². The summed E-state index contributed by atoms with van der Waals surface area (Å²) in [6.45, 7) is 5.51. The van der Waals surface area contributed by atoms with Crippen molar-refractivity contribution in [1.29, 1.82) is 0 Å². The molecule has 0 saturated heterocycles. The molecular weight excluding hydrogens is 434 g/mol. The number of hydrogen-bond acceptors (Lipinski definition) is 7. The van der Waals surface area contributed by atoms with Crippen molar-refractivity contribution in [3.8, 4) is 22.8 Å². The summed E-state index contributed by atoms with van der Waals surface area (Å²) in [7, 11) is 2.04. The Balaban J connectivity index is 1.51. The third-order valence-corrected chi connectivity index (χ3v) is 5.96. The van der Waals surface area contributed by atoms with Crippen molar-refractivity contribution in [1.82, 2.24) is 24.7 Å². The Labute approximate surface area is 196 Å². The Hall–Kier alpha value is -4.08. The molecule has 4 aromatic rings. The van der Waals surface area contributed by atoms with Gasteiger partial charge in [-0.25, -0.2) is 9.97 Å². The standard InChI is InChI=1S/C24H27N7O3/c1-14(2)22(15-4-5-19-20(8-15)34-7-6-33-19)30(3)24-17-9-18(29-23(17)26-13-27-24)16-10-28-31(11-16)12-21(25)32/h4-5,8-11,13-14,22H,6-7,12H2,1-3H3,(H2,25,32)(H,26,27,29)/t22-/m0/s1. The number of anilines is 1. The maximum Gasteiger partial charge on any atom is 0.239 e. The summed E-state index contributed by atoms with van der Waals surface area (Å²) in [5.74, 6) is 2.21. The molecular formula is C24H27N7O3. The van der Waals surface area contributed by atoms with E-state index in [1.165, 1.54) is 4.68 Å². The summed E-state index contributed by atoms with van der Waals surface area (Å²) < 4.78 is 13.0. The van der Waals surface area contributed by atoms with Gasteiger partial charge in [-0.2, -0.15) is 5.10 Å². The zero-order valence-electron chi connectivity index (χ0n) is 19.4. The van der Waals surface area contributed by atoms with Crippen LogP contribution < -0.4 is 20.1 Å². The number of rotatable bonds is 7. The van der Waals surface area contributed by atoms with E-state index in [0.717, 1.165) is 45.2 Å². The number of aromatic amines is 1. The number of benzene rings is 1. The van der Waals surface area contributed by atoms with Crippen LogP contribution in [0.3, 0.4) is 0 Å². The number of nitrogens with zero attached hydrogens (tertiary/aromatic N) is 5. The van der Waals surface area contributed by atoms with Gasteiger partial charge in [-0.1, -0.05) is 19.9 Å². The van der Waals surface area contributed by atoms with Gasteiger partial charge in [0.25, 0.3) is 0 Å². The van der Waals surface area contributed by atoms with E-state index in [0.29, 0.717) is 19.1 Å². The first-order chi connectivity index (χ1) is 16.4. The number of nitrogens with one attached hydrogen (secondary N) is 1. The van der Waals surface area contributed by atoms with E-state index < -0.39 is 5.91 Å². The predicted molar refractivity (Wildman–Crippen MR) is 128 cm³/mol. The fourth-order valence-electron chi connectivity index (χ4n) is 4.54. The van der Waals surface area contributed by atoms with E-state index in [1.807, 2.05) is 19.2 Å². The number of amides is 1. The molecule has 176 valence electrons. The van der Waals surface area contributed by atoms with Crippen LogP contribution in [0.25, 0.3) is 22.3 Å². The van der Waals surface area contributed by atoms with Crippen LogP contribution in [0.1, 0.15) is 25.5 Å². The Kier molecular flexibility index (Phi) is 5.56. The topological polar surface area (TPSA) is 124 Å². The normalized spacial score (nSPS) is 13.9. The molecule has 0 fully saturated rings. The number of carbonyl (C=O) groups excluding carboxylic acids is 1. The van der Waals surface area contributed by atoms with Gasteiger partial charge in [0, 0.05) is 18.8 Å². The van der Waals surface area contributed by atoms with E-state index in [9.17, 15) is 4.79 Å². The number of hydrogen-bond donors (Lipinski definition) is 2. The van der Waals surface area contributed by atoms with E-state index in [2.05, 4.69) is 50.9 Å². The highest BCUT2D eigenvalue weighted by atomic mass is 16.6. The summed E-state index contributed by atoms with van der Waals surface area (Å²) >= 11 is 0. The van der Waals surface area contributed by atoms with Gasteiger partial charge in [-0.05, 0) is 29.7 Å². The average molecular weight is 462 g/mol. The van der Waals surface area contributed by atoms with Crippen molar-refractivity contribution in [3.05, 3.63) is 48.5 Å². The van der Waals surface area contributed by atoms with Crippen molar-refractivity contribution in [2.75, 3.05) is 25.2 Å². The fourth-order valence-corrected chi connectivity index (χ4v) is 4.54. The Morgan fingerprint density at radius 2 is 2.00 bits per heavy atom. The molecule has 0 spiro atoms. The third kappa shape index (κ3) is 4.02. The van der Waals surface area contributed by atoms with E-state index in [4.69, 9.17) is 15.2 Å². The van der Waals surface area contributed by atoms with Crippen LogP contribution in [0.5, 0.6) is 11.5 Å². The lowest BCUT2D eigenvalue weighted by molar-refractivity contribution is -0.118. The van der Waals surface area contributed by atoms with Crippen LogP contribution >= 0.6 is 0 Å². The van der Waals surface area contributed by atoms with Gasteiger partial charge in [0.1, 0.15) is 37.6 Å². The third-order valence-electron chi connectivity index (χ3n) is 5.96. The quantitative estimate of drug-likeness (QED) is 0.434. The van der Waals surface area contributed by atoms with E-state index in [-0.39, 0.29) is 12.6 Å². The molecule has 5 rings (SSSR count). The zero-order valence-corrected chi connectivity index (χ0v) is 19.4. The molecule has 34 heavy (non-hydrogen) atoms. The van der Waals surface area contributed by atoms with Crippen molar-refractivity contribution in [3.63, 3.8) is 0 Å². The maximum atomic E-state index is 11.2. The highest BCUT2D eigenvalue weighted by Crippen LogP contribution is 2.39. The smallest absolute Gasteiger partial charge is 0.239 e. The highest BCUT2D eigenvalue weighted by molar-refractivity contribution is 5.92. The molecule has 4 heterocycles. The monoisotopic (exact) mass is 461 g/mol. The second-order valence-electron chi connectivity index (χ2n) is 8.74. The number of primary amides is 1. The van der Waals surface area contributed by atoms with Crippen LogP contribution in [0, 0.1) is 5.92 Å². The van der Waals surface area contributed by atoms with Crippen molar-refractivity contribution in [2.24, 2.45) is 11.7 Å². The van der Waals surface area contributed by atoms with Gasteiger partial charge < -0.3 is 25.1 Å². The van der Waals surface area contributed by atoms with Crippen molar-refractivity contribution >= 4 is 22.8 Å². The minimum atomic E-state index is -0.444. The van der Waals surface area contributed by atoms with Gasteiger partial charge in [-0.3, -0.25) is 9.48 Å². The summed E-state index contributed by atoms with van der Waals surface area (Å²) in [4.78, 5) is 25.8. The second kappa shape index (κ2) is 8.69. The molecule has 0 unspecified atom stereocenters. The Morgan fingerprint density at radius 1 is 1.21 bits per heavy atom. The molecule has 0 radical (unpaired) electrons. The second-order valence-corrected chi connectivity index (χ2v) is 8.74. The van der Waals surface area contributed by atoms with Crippen LogP contribution in [0.15, 0.2) is 43.0 Å². The molecule has 0 aliphatic carbocycles. The maximum absolute atomic E-state index is 11.2. The van der Waals surface area contributed by atoms with Crippen LogP contribution in [-0.4, -0.2) is 50.9 Å². The first kappa shape index (κ1) is 21.7. The molecule has 3 aromatic heterocycles. The van der Waals surface area contributed by atoms with Crippen LogP contribution in [0.4, 0.5) is 5.82 Å². The lowest BCUT2D eigenvalue weighted by Gasteiger charge is -2.33. The summed E-state index contributed by atoms with van der Waals surface area (Å²) in [6.07, 6.45) is 5.03. The number of nitrogens with two attached hydrogens (primary N) is 1. The minimum absolute atomic E-state index is 0.0274. The van der Waals surface area contributed by atoms with Gasteiger partial charge in [0.15, 0.2) is 11.5 Å². The van der Waals surface area contributed by atoms with E-state index >= 15 is 0 Å².